The molecule has 1 aromatic rings. The van der Waals surface area contributed by atoms with Gasteiger partial charge in [0, 0.05) is 11.4 Å². The molecule has 0 saturated heterocycles. The number of sulfone groups is 1. The zero-order chi connectivity index (χ0) is 13.2. The summed E-state index contributed by atoms with van der Waals surface area (Å²) in [4.78, 5) is 9.96. The first kappa shape index (κ1) is 13.9. The van der Waals surface area contributed by atoms with Crippen molar-refractivity contribution in [2.45, 2.75) is 24.0 Å². The third kappa shape index (κ3) is 2.58. The molecule has 1 atom stereocenters. The molecule has 0 aliphatic rings. The number of hydrogen-bond donors (Lipinski definition) is 0. The molecule has 1 unspecified atom stereocenters. The summed E-state index contributed by atoms with van der Waals surface area (Å²) in [7, 11) is -3.76. The van der Waals surface area contributed by atoms with Crippen molar-refractivity contribution in [3.8, 4) is 0 Å². The van der Waals surface area contributed by atoms with Gasteiger partial charge in [-0.15, -0.1) is 11.6 Å². The molecule has 0 heterocycles. The van der Waals surface area contributed by atoms with Crippen molar-refractivity contribution >= 4 is 27.1 Å². The molecule has 17 heavy (non-hydrogen) atoms. The fraction of sp³-hybridized carbons (Fsp3) is 0.400. The molecule has 0 N–H and O–H groups in total. The minimum absolute atomic E-state index is 0.104. The average Bonchev–Trinajstić information content (AvgIpc) is 2.26. The predicted molar refractivity (Wildman–Crippen MR) is 65.2 cm³/mol. The maximum Gasteiger partial charge on any atom is 0.290 e. The maximum absolute atomic E-state index is 12.1. The molecule has 0 aliphatic carbocycles. The van der Waals surface area contributed by atoms with Crippen LogP contribution in [0.4, 0.5) is 5.69 Å². The van der Waals surface area contributed by atoms with Crippen LogP contribution in [0.15, 0.2) is 23.1 Å². The van der Waals surface area contributed by atoms with Crippen LogP contribution in [-0.2, 0) is 9.84 Å². The zero-order valence-electron chi connectivity index (χ0n) is 9.38. The average molecular weight is 278 g/mol. The molecule has 1 aromatic carbocycles. The first-order valence-corrected chi connectivity index (χ1v) is 6.94. The lowest BCUT2D eigenvalue weighted by molar-refractivity contribution is -0.388. The number of nitro groups is 1. The topological polar surface area (TPSA) is 77.3 Å². The normalized spacial score (nSPS) is 13.4. The summed E-state index contributed by atoms with van der Waals surface area (Å²) in [6.07, 6.45) is 0. The van der Waals surface area contributed by atoms with Gasteiger partial charge in [0.05, 0.1) is 10.2 Å². The van der Waals surface area contributed by atoms with Crippen LogP contribution >= 0.6 is 11.6 Å². The molecule has 94 valence electrons. The van der Waals surface area contributed by atoms with Crippen LogP contribution in [-0.4, -0.2) is 24.5 Å². The molecule has 0 spiro atoms. The summed E-state index contributed by atoms with van der Waals surface area (Å²) in [5, 5.41) is 10.1. The van der Waals surface area contributed by atoms with E-state index < -0.39 is 20.0 Å². The van der Waals surface area contributed by atoms with E-state index in [-0.39, 0.29) is 16.5 Å². The highest BCUT2D eigenvalue weighted by atomic mass is 35.5. The SMILES string of the molecule is Cc1cccc(S(=O)(=O)C(C)CCl)c1[N+](=O)[O-]. The zero-order valence-corrected chi connectivity index (χ0v) is 11.0. The largest absolute Gasteiger partial charge is 0.290 e. The van der Waals surface area contributed by atoms with Gasteiger partial charge in [-0.3, -0.25) is 10.1 Å². The molecule has 7 heteroatoms. The van der Waals surface area contributed by atoms with Crippen molar-refractivity contribution in [1.29, 1.82) is 0 Å². The van der Waals surface area contributed by atoms with Crippen molar-refractivity contribution in [3.63, 3.8) is 0 Å². The van der Waals surface area contributed by atoms with Crippen LogP contribution in [0.5, 0.6) is 0 Å². The molecule has 0 saturated carbocycles. The van der Waals surface area contributed by atoms with Gasteiger partial charge in [-0.2, -0.15) is 0 Å². The quantitative estimate of drug-likeness (QED) is 0.481. The van der Waals surface area contributed by atoms with E-state index in [1.807, 2.05) is 0 Å². The minimum atomic E-state index is -3.76. The maximum atomic E-state index is 12.1. The number of aryl methyl sites for hydroxylation is 1. The van der Waals surface area contributed by atoms with Crippen LogP contribution in [0.3, 0.4) is 0 Å². The Hall–Kier alpha value is -1.14. The first-order chi connectivity index (χ1) is 7.82. The number of alkyl halides is 1. The molecule has 0 fully saturated rings. The highest BCUT2D eigenvalue weighted by Gasteiger charge is 2.31. The van der Waals surface area contributed by atoms with Crippen molar-refractivity contribution in [1.82, 2.24) is 0 Å². The molecule has 0 bridgehead atoms. The number of para-hydroxylation sites is 1. The van der Waals surface area contributed by atoms with Gasteiger partial charge in [-0.05, 0) is 19.9 Å². The fourth-order valence-electron chi connectivity index (χ4n) is 1.40. The van der Waals surface area contributed by atoms with E-state index in [4.69, 9.17) is 11.6 Å². The number of hydrogen-bond acceptors (Lipinski definition) is 4. The van der Waals surface area contributed by atoms with Crippen molar-refractivity contribution < 1.29 is 13.3 Å². The second-order valence-electron chi connectivity index (χ2n) is 3.69. The summed E-state index contributed by atoms with van der Waals surface area (Å²) in [6, 6.07) is 4.22. The van der Waals surface area contributed by atoms with Gasteiger partial charge < -0.3 is 0 Å². The summed E-state index contributed by atoms with van der Waals surface area (Å²) in [6.45, 7) is 2.93. The monoisotopic (exact) mass is 277 g/mol. The van der Waals surface area contributed by atoms with Gasteiger partial charge in [-0.25, -0.2) is 8.42 Å². The Bertz CT molecular complexity index is 541. The van der Waals surface area contributed by atoms with Crippen LogP contribution in [0.2, 0.25) is 0 Å². The van der Waals surface area contributed by atoms with Gasteiger partial charge in [0.2, 0.25) is 0 Å². The first-order valence-electron chi connectivity index (χ1n) is 4.86. The second kappa shape index (κ2) is 5.01. The number of nitrogens with zero attached hydrogens (tertiary/aromatic N) is 1. The Morgan fingerprint density at radius 3 is 2.53 bits per heavy atom. The Morgan fingerprint density at radius 2 is 2.06 bits per heavy atom. The molecule has 1 rings (SSSR count). The van der Waals surface area contributed by atoms with E-state index in [9.17, 15) is 18.5 Å². The smallest absolute Gasteiger partial charge is 0.258 e. The Balaban J connectivity index is 3.53. The third-order valence-electron chi connectivity index (χ3n) is 2.44. The van der Waals surface area contributed by atoms with Crippen molar-refractivity contribution in [2.75, 3.05) is 5.88 Å². The van der Waals surface area contributed by atoms with Crippen molar-refractivity contribution in [2.24, 2.45) is 0 Å². The van der Waals surface area contributed by atoms with Crippen LogP contribution in [0, 0.1) is 17.0 Å². The highest BCUT2D eigenvalue weighted by Crippen LogP contribution is 2.30. The van der Waals surface area contributed by atoms with E-state index in [2.05, 4.69) is 0 Å². The summed E-state index contributed by atoms with van der Waals surface area (Å²) >= 11 is 5.51. The van der Waals surface area contributed by atoms with Crippen LogP contribution < -0.4 is 0 Å². The Morgan fingerprint density at radius 1 is 1.47 bits per heavy atom. The lowest BCUT2D eigenvalue weighted by Gasteiger charge is -2.10. The summed E-state index contributed by atoms with van der Waals surface area (Å²) in [5.41, 5.74) is -0.0534. The van der Waals surface area contributed by atoms with E-state index in [0.29, 0.717) is 5.56 Å². The van der Waals surface area contributed by atoms with E-state index in [1.165, 1.54) is 32.0 Å². The van der Waals surface area contributed by atoms with Gasteiger partial charge in [0.1, 0.15) is 4.90 Å². The molecule has 0 radical (unpaired) electrons. The molecular weight excluding hydrogens is 266 g/mol. The highest BCUT2D eigenvalue weighted by molar-refractivity contribution is 7.92. The molecule has 5 nitrogen and oxygen atoms in total. The van der Waals surface area contributed by atoms with Crippen molar-refractivity contribution in [3.05, 3.63) is 33.9 Å². The third-order valence-corrected chi connectivity index (χ3v) is 5.25. The number of benzene rings is 1. The molecular formula is C10H12ClNO4S. The number of nitro benzene ring substituents is 1. The van der Waals surface area contributed by atoms with Gasteiger partial charge in [0.25, 0.3) is 5.69 Å². The van der Waals surface area contributed by atoms with Gasteiger partial charge >= 0.3 is 0 Å². The fourth-order valence-corrected chi connectivity index (χ4v) is 3.27. The molecule has 0 amide bonds. The summed E-state index contributed by atoms with van der Waals surface area (Å²) in [5.74, 6) is -0.104. The van der Waals surface area contributed by atoms with Gasteiger partial charge in [-0.1, -0.05) is 12.1 Å². The number of halogens is 1. The Labute approximate surface area is 104 Å². The summed E-state index contributed by atoms with van der Waals surface area (Å²) < 4.78 is 24.1. The molecule has 0 aliphatic heterocycles. The van der Waals surface area contributed by atoms with E-state index >= 15 is 0 Å². The second-order valence-corrected chi connectivity index (χ2v) is 6.33. The minimum Gasteiger partial charge on any atom is -0.258 e. The van der Waals surface area contributed by atoms with Crippen LogP contribution in [0.25, 0.3) is 0 Å². The van der Waals surface area contributed by atoms with E-state index in [0.717, 1.165) is 0 Å². The lowest BCUT2D eigenvalue weighted by Crippen LogP contribution is -2.20. The standard InChI is InChI=1S/C10H12ClNO4S/c1-7-4-3-5-9(10(7)12(13)14)17(15,16)8(2)6-11/h3-5,8H,6H2,1-2H3. The number of rotatable bonds is 4. The van der Waals surface area contributed by atoms with Crippen LogP contribution in [0.1, 0.15) is 12.5 Å². The van der Waals surface area contributed by atoms with Gasteiger partial charge in [0.15, 0.2) is 9.84 Å². The Kier molecular flexibility index (Phi) is 4.11. The predicted octanol–water partition coefficient (Wildman–Crippen LogP) is 2.30. The molecule has 0 aromatic heterocycles. The van der Waals surface area contributed by atoms with E-state index in [1.54, 1.807) is 0 Å². The lowest BCUT2D eigenvalue weighted by atomic mass is 10.2.